The summed E-state index contributed by atoms with van der Waals surface area (Å²) in [6.45, 7) is 0. The van der Waals surface area contributed by atoms with Crippen LogP contribution in [0.25, 0.3) is 5.78 Å². The summed E-state index contributed by atoms with van der Waals surface area (Å²) in [5, 5.41) is 0. The number of hydrogen-bond acceptors (Lipinski definition) is 5. The Hall–Kier alpha value is -2.21. The number of rotatable bonds is 4. The van der Waals surface area contributed by atoms with Gasteiger partial charge < -0.3 is 10.5 Å². The number of hydrogen-bond donors (Lipinski definition) is 1. The van der Waals surface area contributed by atoms with Crippen LogP contribution >= 0.6 is 11.8 Å². The number of imidazole rings is 1. The van der Waals surface area contributed by atoms with Crippen molar-refractivity contribution >= 4 is 23.2 Å². The summed E-state index contributed by atoms with van der Waals surface area (Å²) in [5.74, 6) is 2.25. The fourth-order valence-electron chi connectivity index (χ4n) is 1.87. The van der Waals surface area contributed by atoms with E-state index in [1.807, 2.05) is 41.1 Å². The van der Waals surface area contributed by atoms with Crippen LogP contribution in [0, 0.1) is 0 Å². The fraction of sp³-hybridized carbons (Fsp3) is 0.143. The van der Waals surface area contributed by atoms with E-state index in [0.29, 0.717) is 5.78 Å². The van der Waals surface area contributed by atoms with E-state index in [1.54, 1.807) is 25.1 Å². The summed E-state index contributed by atoms with van der Waals surface area (Å²) in [4.78, 5) is 9.65. The molecule has 2 N–H and O–H groups in total. The van der Waals surface area contributed by atoms with Crippen LogP contribution in [0.5, 0.6) is 5.75 Å². The first kappa shape index (κ1) is 12.8. The second-order valence-corrected chi connectivity index (χ2v) is 5.27. The number of nitrogens with two attached hydrogens (primary N) is 1. The van der Waals surface area contributed by atoms with Crippen molar-refractivity contribution in [3.05, 3.63) is 48.5 Å². The zero-order chi connectivity index (χ0) is 13.9. The third-order valence-electron chi connectivity index (χ3n) is 2.88. The van der Waals surface area contributed by atoms with E-state index in [2.05, 4.69) is 9.97 Å². The summed E-state index contributed by atoms with van der Waals surface area (Å²) in [5.41, 5.74) is 7.69. The Kier molecular flexibility index (Phi) is 3.47. The Morgan fingerprint density at radius 3 is 3.10 bits per heavy atom. The van der Waals surface area contributed by atoms with Gasteiger partial charge in [0, 0.05) is 34.9 Å². The number of nitrogens with zero attached hydrogens (tertiary/aromatic N) is 3. The Morgan fingerprint density at radius 2 is 2.30 bits per heavy atom. The van der Waals surface area contributed by atoms with E-state index in [1.165, 1.54) is 0 Å². The van der Waals surface area contributed by atoms with E-state index in [0.717, 1.165) is 27.8 Å². The van der Waals surface area contributed by atoms with Gasteiger partial charge in [-0.05, 0) is 24.3 Å². The lowest BCUT2D eigenvalue weighted by Crippen LogP contribution is -1.91. The van der Waals surface area contributed by atoms with Crippen molar-refractivity contribution in [2.45, 2.75) is 10.6 Å². The minimum Gasteiger partial charge on any atom is -0.497 e. The Labute approximate surface area is 120 Å². The number of thioether (sulfide) groups is 1. The predicted octanol–water partition coefficient (Wildman–Crippen LogP) is 2.61. The zero-order valence-electron chi connectivity index (χ0n) is 11.0. The predicted molar refractivity (Wildman–Crippen MR) is 80.0 cm³/mol. The fourth-order valence-corrected chi connectivity index (χ4v) is 2.74. The van der Waals surface area contributed by atoms with Gasteiger partial charge in [-0.2, -0.15) is 0 Å². The molecule has 0 saturated carbocycles. The molecule has 5 nitrogen and oxygen atoms in total. The molecule has 20 heavy (non-hydrogen) atoms. The maximum atomic E-state index is 5.97. The molecule has 2 aromatic heterocycles. The van der Waals surface area contributed by atoms with Gasteiger partial charge in [-0.25, -0.2) is 9.97 Å². The van der Waals surface area contributed by atoms with Gasteiger partial charge in [-0.3, -0.25) is 4.40 Å². The van der Waals surface area contributed by atoms with Gasteiger partial charge in [0.15, 0.2) is 0 Å². The molecule has 0 saturated heterocycles. The van der Waals surface area contributed by atoms with Gasteiger partial charge >= 0.3 is 0 Å². The van der Waals surface area contributed by atoms with Gasteiger partial charge in [0.05, 0.1) is 12.8 Å². The van der Waals surface area contributed by atoms with Crippen LogP contribution in [0.15, 0.2) is 47.8 Å². The highest BCUT2D eigenvalue weighted by Crippen LogP contribution is 2.31. The molecule has 3 aromatic rings. The normalized spacial score (nSPS) is 10.8. The molecule has 0 spiro atoms. The van der Waals surface area contributed by atoms with Crippen LogP contribution in [-0.2, 0) is 5.75 Å². The van der Waals surface area contributed by atoms with E-state index in [4.69, 9.17) is 10.5 Å². The lowest BCUT2D eigenvalue weighted by Gasteiger charge is -2.06. The van der Waals surface area contributed by atoms with Crippen molar-refractivity contribution in [3.63, 3.8) is 0 Å². The van der Waals surface area contributed by atoms with Crippen molar-refractivity contribution < 1.29 is 4.74 Å². The molecular weight excluding hydrogens is 272 g/mol. The van der Waals surface area contributed by atoms with E-state index in [9.17, 15) is 0 Å². The summed E-state index contributed by atoms with van der Waals surface area (Å²) in [6.07, 6.45) is 5.65. The monoisotopic (exact) mass is 286 g/mol. The van der Waals surface area contributed by atoms with Crippen LogP contribution < -0.4 is 10.5 Å². The van der Waals surface area contributed by atoms with Crippen LogP contribution in [0.2, 0.25) is 0 Å². The van der Waals surface area contributed by atoms with Gasteiger partial charge in [-0.15, -0.1) is 11.8 Å². The summed E-state index contributed by atoms with van der Waals surface area (Å²) >= 11 is 1.64. The number of aromatic nitrogens is 3. The number of nitrogen functional groups attached to an aromatic ring is 1. The van der Waals surface area contributed by atoms with Crippen molar-refractivity contribution in [2.24, 2.45) is 0 Å². The average Bonchev–Trinajstić information content (AvgIpc) is 2.89. The van der Waals surface area contributed by atoms with Gasteiger partial charge in [0.2, 0.25) is 5.78 Å². The molecule has 0 aliphatic heterocycles. The molecule has 1 aromatic carbocycles. The van der Waals surface area contributed by atoms with E-state index >= 15 is 0 Å². The zero-order valence-corrected chi connectivity index (χ0v) is 11.8. The molecule has 0 atom stereocenters. The number of fused-ring (bicyclic) bond motifs is 1. The molecule has 6 heteroatoms. The molecule has 0 bridgehead atoms. The molecule has 3 rings (SSSR count). The Bertz CT molecular complexity index is 708. The molecule has 0 radical (unpaired) electrons. The highest BCUT2D eigenvalue weighted by molar-refractivity contribution is 7.98. The molecule has 0 amide bonds. The Balaban J connectivity index is 1.79. The van der Waals surface area contributed by atoms with Crippen LogP contribution in [0.3, 0.4) is 0 Å². The highest BCUT2D eigenvalue weighted by atomic mass is 32.2. The average molecular weight is 286 g/mol. The van der Waals surface area contributed by atoms with Crippen molar-refractivity contribution in [1.29, 1.82) is 0 Å². The minimum absolute atomic E-state index is 0.710. The SMILES string of the molecule is COc1ccc(N)c(SCc2cn3cccnc3n2)c1. The largest absolute Gasteiger partial charge is 0.497 e. The maximum absolute atomic E-state index is 5.97. The highest BCUT2D eigenvalue weighted by Gasteiger charge is 2.06. The van der Waals surface area contributed by atoms with Crippen LogP contribution in [0.4, 0.5) is 5.69 Å². The summed E-state index contributed by atoms with van der Waals surface area (Å²) in [7, 11) is 1.65. The summed E-state index contributed by atoms with van der Waals surface area (Å²) in [6, 6.07) is 7.53. The van der Waals surface area contributed by atoms with Gasteiger partial charge in [-0.1, -0.05) is 0 Å². The lowest BCUT2D eigenvalue weighted by atomic mass is 10.3. The first-order valence-corrected chi connectivity index (χ1v) is 7.10. The maximum Gasteiger partial charge on any atom is 0.233 e. The number of methoxy groups -OCH3 is 1. The van der Waals surface area contributed by atoms with E-state index < -0.39 is 0 Å². The Morgan fingerprint density at radius 1 is 1.40 bits per heavy atom. The smallest absolute Gasteiger partial charge is 0.233 e. The molecule has 0 unspecified atom stereocenters. The second kappa shape index (κ2) is 5.42. The third kappa shape index (κ3) is 2.55. The second-order valence-electron chi connectivity index (χ2n) is 4.25. The van der Waals surface area contributed by atoms with E-state index in [-0.39, 0.29) is 0 Å². The topological polar surface area (TPSA) is 65.4 Å². The molecular formula is C14H14N4OS. The van der Waals surface area contributed by atoms with Crippen LogP contribution in [0.1, 0.15) is 5.69 Å². The molecule has 0 fully saturated rings. The standard InChI is InChI=1S/C14H14N4OS/c1-19-11-3-4-12(15)13(7-11)20-9-10-8-18-6-2-5-16-14(18)17-10/h2-8H,9,15H2,1H3. The van der Waals surface area contributed by atoms with Crippen molar-refractivity contribution in [3.8, 4) is 5.75 Å². The number of anilines is 1. The number of ether oxygens (including phenoxy) is 1. The quantitative estimate of drug-likeness (QED) is 0.590. The van der Waals surface area contributed by atoms with Crippen molar-refractivity contribution in [1.82, 2.24) is 14.4 Å². The lowest BCUT2D eigenvalue weighted by molar-refractivity contribution is 0.414. The molecule has 102 valence electrons. The third-order valence-corrected chi connectivity index (χ3v) is 3.99. The van der Waals surface area contributed by atoms with Crippen molar-refractivity contribution in [2.75, 3.05) is 12.8 Å². The molecule has 2 heterocycles. The molecule has 0 aliphatic carbocycles. The summed E-state index contributed by atoms with van der Waals surface area (Å²) < 4.78 is 7.12. The van der Waals surface area contributed by atoms with Gasteiger partial charge in [0.25, 0.3) is 0 Å². The number of benzene rings is 1. The molecule has 0 aliphatic rings. The van der Waals surface area contributed by atoms with Crippen LogP contribution in [-0.4, -0.2) is 21.5 Å². The minimum atomic E-state index is 0.710. The van der Waals surface area contributed by atoms with Gasteiger partial charge in [0.1, 0.15) is 5.75 Å². The first-order valence-electron chi connectivity index (χ1n) is 6.11. The first-order chi connectivity index (χ1) is 9.76.